The van der Waals surface area contributed by atoms with Crippen LogP contribution in [-0.2, 0) is 0 Å². The quantitative estimate of drug-likeness (QED) is 0.212. The molecule has 3 aromatic carbocycles. The van der Waals surface area contributed by atoms with E-state index in [9.17, 15) is 0 Å². The zero-order valence-corrected chi connectivity index (χ0v) is 26.8. The van der Waals surface area contributed by atoms with Crippen molar-refractivity contribution in [1.82, 2.24) is 0 Å². The smallest absolute Gasteiger partial charge is 0.00989 e. The number of allylic oxidation sites excluding steroid dienone is 2. The monoisotopic (exact) mass is 546 g/mol. The van der Waals surface area contributed by atoms with Gasteiger partial charge in [-0.1, -0.05) is 96.2 Å². The van der Waals surface area contributed by atoms with E-state index >= 15 is 0 Å². The number of hydrogen-bond acceptors (Lipinski definition) is 0. The second kappa shape index (κ2) is 13.8. The standard InChI is InChI=1S/C36H50S2/c1-9-35(29-20-24-33(25-21-29)37(11-3,12-4)13-5)31-18-17-19-32(28-31)36(10-2)30-22-26-34(27-23-30)38(14-6,15-7)16-8/h9-10,17-28H,11-16H2,1-8H3/b35-9-,36-10+. The average Bonchev–Trinajstić information content (AvgIpc) is 2.98. The molecule has 0 spiro atoms. The van der Waals surface area contributed by atoms with Gasteiger partial charge in [-0.3, -0.25) is 0 Å². The molecule has 0 aliphatic heterocycles. The van der Waals surface area contributed by atoms with Gasteiger partial charge < -0.3 is 0 Å². The SMILES string of the molecule is C/C=C(/c1ccc(S(CC)(CC)CC)cc1)c1cccc(/C(=C/C)c2ccc(S(CC)(CC)CC)cc2)c1. The van der Waals surface area contributed by atoms with E-state index in [1.54, 1.807) is 9.79 Å². The van der Waals surface area contributed by atoms with Gasteiger partial charge in [0.25, 0.3) is 0 Å². The molecule has 0 saturated carbocycles. The molecule has 0 nitrogen and oxygen atoms in total. The molecule has 0 heterocycles. The summed E-state index contributed by atoms with van der Waals surface area (Å²) in [5, 5.41) is 0. The molecule has 3 aromatic rings. The lowest BCUT2D eigenvalue weighted by Gasteiger charge is -2.38. The van der Waals surface area contributed by atoms with Gasteiger partial charge in [-0.25, -0.2) is 20.1 Å². The second-order valence-electron chi connectivity index (χ2n) is 9.86. The lowest BCUT2D eigenvalue weighted by molar-refractivity contribution is 1.27. The Hall–Kier alpha value is -2.16. The fourth-order valence-corrected chi connectivity index (χ4v) is 11.8. The van der Waals surface area contributed by atoms with Crippen LogP contribution in [0.5, 0.6) is 0 Å². The van der Waals surface area contributed by atoms with E-state index in [0.29, 0.717) is 0 Å². The zero-order valence-electron chi connectivity index (χ0n) is 25.1. The molecule has 0 fully saturated rings. The van der Waals surface area contributed by atoms with Crippen LogP contribution < -0.4 is 0 Å². The van der Waals surface area contributed by atoms with E-state index in [0.717, 1.165) is 0 Å². The highest BCUT2D eigenvalue weighted by atomic mass is 32.3. The molecule has 0 radical (unpaired) electrons. The Balaban J connectivity index is 1.94. The van der Waals surface area contributed by atoms with Crippen LogP contribution in [0, 0.1) is 0 Å². The van der Waals surface area contributed by atoms with Gasteiger partial charge in [0, 0.05) is 0 Å². The van der Waals surface area contributed by atoms with Gasteiger partial charge in [0.2, 0.25) is 0 Å². The van der Waals surface area contributed by atoms with Gasteiger partial charge in [0.1, 0.15) is 0 Å². The topological polar surface area (TPSA) is 0 Å². The van der Waals surface area contributed by atoms with Gasteiger partial charge >= 0.3 is 0 Å². The third-order valence-corrected chi connectivity index (χ3v) is 17.9. The number of benzene rings is 3. The molecular weight excluding hydrogens is 497 g/mol. The fraction of sp³-hybridized carbons (Fsp3) is 0.389. The van der Waals surface area contributed by atoms with Crippen molar-refractivity contribution < 1.29 is 0 Å². The summed E-state index contributed by atoms with van der Waals surface area (Å²) >= 11 is 0. The lowest BCUT2D eigenvalue weighted by atomic mass is 9.92. The molecule has 0 unspecified atom stereocenters. The van der Waals surface area contributed by atoms with Crippen molar-refractivity contribution in [3.05, 3.63) is 107 Å². The Morgan fingerprint density at radius 2 is 0.789 bits per heavy atom. The predicted molar refractivity (Wildman–Crippen MR) is 180 cm³/mol. The van der Waals surface area contributed by atoms with E-state index in [4.69, 9.17) is 0 Å². The minimum atomic E-state index is -0.698. The highest BCUT2D eigenvalue weighted by molar-refractivity contribution is 8.34. The molecule has 0 saturated heterocycles. The number of hydrogen-bond donors (Lipinski definition) is 0. The minimum absolute atomic E-state index is 0.698. The Labute approximate surface area is 237 Å². The molecule has 3 rings (SSSR count). The van der Waals surface area contributed by atoms with Gasteiger partial charge in [0.15, 0.2) is 0 Å². The summed E-state index contributed by atoms with van der Waals surface area (Å²) in [5.74, 6) is 7.60. The van der Waals surface area contributed by atoms with Crippen LogP contribution in [0.25, 0.3) is 11.1 Å². The van der Waals surface area contributed by atoms with Crippen molar-refractivity contribution in [2.45, 2.75) is 65.2 Å². The summed E-state index contributed by atoms with van der Waals surface area (Å²) < 4.78 is 0. The summed E-state index contributed by atoms with van der Waals surface area (Å²) in [6.45, 7) is 18.5. The van der Waals surface area contributed by atoms with Gasteiger partial charge in [-0.05, 0) is 122 Å². The first kappa shape index (κ1) is 30.4. The highest BCUT2D eigenvalue weighted by Crippen LogP contribution is 2.56. The normalized spacial score (nSPS) is 14.0. The number of rotatable bonds is 12. The molecular formula is C36H50S2. The van der Waals surface area contributed by atoms with E-state index in [1.807, 2.05) is 0 Å². The average molecular weight is 547 g/mol. The molecule has 0 amide bonds. The summed E-state index contributed by atoms with van der Waals surface area (Å²) in [5.41, 5.74) is 7.76. The molecule has 0 atom stereocenters. The zero-order chi connectivity index (χ0) is 27.8. The van der Waals surface area contributed by atoms with Gasteiger partial charge in [-0.15, -0.1) is 0 Å². The van der Waals surface area contributed by atoms with Crippen LogP contribution in [0.3, 0.4) is 0 Å². The summed E-state index contributed by atoms with van der Waals surface area (Å²) in [6, 6.07) is 28.1. The van der Waals surface area contributed by atoms with Crippen LogP contribution in [0.4, 0.5) is 0 Å². The largest absolute Gasteiger partial charge is 0.215 e. The molecule has 0 aliphatic carbocycles. The molecule has 0 aromatic heterocycles. The lowest BCUT2D eigenvalue weighted by Crippen LogP contribution is -2.09. The first-order valence-electron chi connectivity index (χ1n) is 14.6. The van der Waals surface area contributed by atoms with Crippen molar-refractivity contribution in [3.63, 3.8) is 0 Å². The third-order valence-electron chi connectivity index (χ3n) is 8.71. The van der Waals surface area contributed by atoms with Crippen molar-refractivity contribution in [2.75, 3.05) is 34.5 Å². The predicted octanol–water partition coefficient (Wildman–Crippen LogP) is 11.0. The maximum absolute atomic E-state index is 2.40. The summed E-state index contributed by atoms with van der Waals surface area (Å²) in [6.07, 6.45) is 4.53. The van der Waals surface area contributed by atoms with Crippen LogP contribution in [0.1, 0.15) is 77.6 Å². The Morgan fingerprint density at radius 3 is 1.05 bits per heavy atom. The second-order valence-corrected chi connectivity index (χ2v) is 18.4. The van der Waals surface area contributed by atoms with Crippen molar-refractivity contribution in [1.29, 1.82) is 0 Å². The first-order chi connectivity index (χ1) is 18.4. The van der Waals surface area contributed by atoms with E-state index in [2.05, 4.69) is 140 Å². The van der Waals surface area contributed by atoms with Crippen LogP contribution >= 0.6 is 20.1 Å². The first-order valence-corrected chi connectivity index (χ1v) is 18.9. The Kier molecular flexibility index (Phi) is 11.0. The third kappa shape index (κ3) is 6.02. The molecule has 0 bridgehead atoms. The Bertz CT molecular complexity index is 1110. The van der Waals surface area contributed by atoms with Crippen LogP contribution in [-0.4, -0.2) is 34.5 Å². The molecule has 2 heteroatoms. The molecule has 0 aliphatic rings. The molecule has 206 valence electrons. The fourth-order valence-electron chi connectivity index (χ4n) is 5.93. The van der Waals surface area contributed by atoms with Crippen LogP contribution in [0.15, 0.2) is 94.7 Å². The van der Waals surface area contributed by atoms with Gasteiger partial charge in [-0.2, -0.15) is 0 Å². The van der Waals surface area contributed by atoms with E-state index in [1.165, 1.54) is 67.9 Å². The minimum Gasteiger partial charge on any atom is -0.215 e. The van der Waals surface area contributed by atoms with Crippen molar-refractivity contribution in [2.24, 2.45) is 0 Å². The van der Waals surface area contributed by atoms with Crippen LogP contribution in [0.2, 0.25) is 0 Å². The molecule has 38 heavy (non-hydrogen) atoms. The van der Waals surface area contributed by atoms with E-state index in [-0.39, 0.29) is 0 Å². The maximum atomic E-state index is 2.40. The maximum Gasteiger partial charge on any atom is -0.00989 e. The van der Waals surface area contributed by atoms with Gasteiger partial charge in [0.05, 0.1) is 0 Å². The van der Waals surface area contributed by atoms with E-state index < -0.39 is 20.1 Å². The Morgan fingerprint density at radius 1 is 0.474 bits per heavy atom. The van der Waals surface area contributed by atoms with Crippen molar-refractivity contribution in [3.8, 4) is 0 Å². The van der Waals surface area contributed by atoms with Crippen molar-refractivity contribution >= 4 is 31.2 Å². The highest BCUT2D eigenvalue weighted by Gasteiger charge is 2.21. The molecule has 0 N–H and O–H groups in total. The summed E-state index contributed by atoms with van der Waals surface area (Å²) in [7, 11) is -1.40. The summed E-state index contributed by atoms with van der Waals surface area (Å²) in [4.78, 5) is 3.11.